The molecule has 4 nitrogen and oxygen atoms in total. The Kier molecular flexibility index (Phi) is 3.61. The molecule has 20 heavy (non-hydrogen) atoms. The van der Waals surface area contributed by atoms with Crippen LogP contribution in [0.4, 0.5) is 11.5 Å². The smallest absolute Gasteiger partial charge is 0.135 e. The first-order chi connectivity index (χ1) is 9.65. The highest BCUT2D eigenvalue weighted by molar-refractivity contribution is 9.10. The molecule has 104 valence electrons. The highest BCUT2D eigenvalue weighted by atomic mass is 79.9. The second kappa shape index (κ2) is 5.40. The van der Waals surface area contributed by atoms with Gasteiger partial charge in [0.2, 0.25) is 0 Å². The molecule has 1 aromatic carbocycles. The summed E-state index contributed by atoms with van der Waals surface area (Å²) in [6.45, 7) is 2.04. The largest absolute Gasteiger partial charge is 0.497 e. The molecule has 1 saturated carbocycles. The minimum absolute atomic E-state index is 0.532. The van der Waals surface area contributed by atoms with Gasteiger partial charge in [-0.15, -0.1) is 0 Å². The van der Waals surface area contributed by atoms with Gasteiger partial charge in [-0.3, -0.25) is 0 Å². The lowest BCUT2D eigenvalue weighted by Gasteiger charge is -2.11. The average molecular weight is 334 g/mol. The normalized spacial score (nSPS) is 14.2. The lowest BCUT2D eigenvalue weighted by Crippen LogP contribution is -2.01. The third-order valence-corrected chi connectivity index (χ3v) is 3.76. The van der Waals surface area contributed by atoms with Crippen LogP contribution in [-0.4, -0.2) is 17.1 Å². The summed E-state index contributed by atoms with van der Waals surface area (Å²) in [5.41, 5.74) is 2.14. The van der Waals surface area contributed by atoms with E-state index in [1.807, 2.05) is 31.2 Å². The second-order valence-electron chi connectivity index (χ2n) is 5.01. The number of aryl methyl sites for hydroxylation is 1. The van der Waals surface area contributed by atoms with E-state index in [0.717, 1.165) is 33.2 Å². The number of nitrogens with zero attached hydrogens (tertiary/aromatic N) is 2. The van der Waals surface area contributed by atoms with Gasteiger partial charge >= 0.3 is 0 Å². The van der Waals surface area contributed by atoms with Gasteiger partial charge in [-0.25, -0.2) is 9.97 Å². The monoisotopic (exact) mass is 333 g/mol. The Bertz CT molecular complexity index is 641. The van der Waals surface area contributed by atoms with Gasteiger partial charge in [0.05, 0.1) is 7.11 Å². The number of methoxy groups -OCH3 is 1. The van der Waals surface area contributed by atoms with Crippen molar-refractivity contribution < 1.29 is 4.74 Å². The fourth-order valence-electron chi connectivity index (χ4n) is 2.06. The summed E-state index contributed by atoms with van der Waals surface area (Å²) in [6, 6.07) is 7.84. The zero-order valence-corrected chi connectivity index (χ0v) is 13.1. The van der Waals surface area contributed by atoms with Gasteiger partial charge in [-0.05, 0) is 59.5 Å². The van der Waals surface area contributed by atoms with E-state index in [1.54, 1.807) is 7.11 Å². The van der Waals surface area contributed by atoms with Gasteiger partial charge in [-0.2, -0.15) is 0 Å². The SMILES string of the molecule is COc1ccc(Nc2cc(Br)nc(C3CC3)n2)c(C)c1. The highest BCUT2D eigenvalue weighted by Crippen LogP contribution is 2.39. The predicted molar refractivity (Wildman–Crippen MR) is 82.7 cm³/mol. The minimum Gasteiger partial charge on any atom is -0.497 e. The molecule has 1 aliphatic rings. The van der Waals surface area contributed by atoms with E-state index in [-0.39, 0.29) is 0 Å². The van der Waals surface area contributed by atoms with Gasteiger partial charge in [0, 0.05) is 17.7 Å². The lowest BCUT2D eigenvalue weighted by atomic mass is 10.2. The third kappa shape index (κ3) is 2.93. The van der Waals surface area contributed by atoms with E-state index in [1.165, 1.54) is 12.8 Å². The Hall–Kier alpha value is -1.62. The van der Waals surface area contributed by atoms with Gasteiger partial charge in [-0.1, -0.05) is 0 Å². The molecule has 0 radical (unpaired) electrons. The summed E-state index contributed by atoms with van der Waals surface area (Å²) in [5.74, 6) is 3.13. The van der Waals surface area contributed by atoms with Crippen LogP contribution in [0, 0.1) is 6.92 Å². The Morgan fingerprint density at radius 1 is 1.25 bits per heavy atom. The summed E-state index contributed by atoms with van der Waals surface area (Å²) >= 11 is 3.45. The van der Waals surface area contributed by atoms with Crippen LogP contribution in [-0.2, 0) is 0 Å². The number of rotatable bonds is 4. The molecule has 0 spiro atoms. The number of benzene rings is 1. The predicted octanol–water partition coefficient (Wildman–Crippen LogP) is 4.18. The van der Waals surface area contributed by atoms with Crippen molar-refractivity contribution >= 4 is 27.4 Å². The summed E-state index contributed by atoms with van der Waals surface area (Å²) in [4.78, 5) is 9.02. The Morgan fingerprint density at radius 2 is 2.05 bits per heavy atom. The van der Waals surface area contributed by atoms with Crippen LogP contribution in [0.15, 0.2) is 28.9 Å². The topological polar surface area (TPSA) is 47.0 Å². The molecule has 0 saturated heterocycles. The summed E-state index contributed by atoms with van der Waals surface area (Å²) < 4.78 is 6.04. The molecule has 3 rings (SSSR count). The number of halogens is 1. The summed E-state index contributed by atoms with van der Waals surface area (Å²) in [5, 5.41) is 3.35. The van der Waals surface area contributed by atoms with E-state index < -0.39 is 0 Å². The molecule has 0 amide bonds. The molecule has 0 atom stereocenters. The number of aromatic nitrogens is 2. The Balaban J connectivity index is 1.87. The third-order valence-electron chi connectivity index (χ3n) is 3.35. The fraction of sp³-hybridized carbons (Fsp3) is 0.333. The van der Waals surface area contributed by atoms with Crippen LogP contribution in [0.2, 0.25) is 0 Å². The van der Waals surface area contributed by atoms with Crippen LogP contribution in [0.25, 0.3) is 0 Å². The van der Waals surface area contributed by atoms with Gasteiger partial charge in [0.25, 0.3) is 0 Å². The quantitative estimate of drug-likeness (QED) is 0.852. The van der Waals surface area contributed by atoms with Crippen LogP contribution >= 0.6 is 15.9 Å². The van der Waals surface area contributed by atoms with Crippen molar-refractivity contribution in [2.75, 3.05) is 12.4 Å². The molecular weight excluding hydrogens is 318 g/mol. The molecule has 1 fully saturated rings. The van der Waals surface area contributed by atoms with Crippen molar-refractivity contribution in [2.45, 2.75) is 25.7 Å². The first kappa shape index (κ1) is 13.4. The first-order valence-corrected chi connectivity index (χ1v) is 7.41. The number of hydrogen-bond acceptors (Lipinski definition) is 4. The molecule has 2 aromatic rings. The molecule has 1 heterocycles. The highest BCUT2D eigenvalue weighted by Gasteiger charge is 2.27. The van der Waals surface area contributed by atoms with Gasteiger partial charge < -0.3 is 10.1 Å². The van der Waals surface area contributed by atoms with Crippen molar-refractivity contribution in [1.29, 1.82) is 0 Å². The van der Waals surface area contributed by atoms with Crippen molar-refractivity contribution in [3.05, 3.63) is 40.3 Å². The molecular formula is C15H16BrN3O. The maximum absolute atomic E-state index is 5.22. The standard InChI is InChI=1S/C15H16BrN3O/c1-9-7-11(20-2)5-6-12(9)17-14-8-13(16)18-15(19-14)10-3-4-10/h5-8,10H,3-4H2,1-2H3,(H,17,18,19). The number of hydrogen-bond donors (Lipinski definition) is 1. The Morgan fingerprint density at radius 3 is 2.70 bits per heavy atom. The van der Waals surface area contributed by atoms with E-state index >= 15 is 0 Å². The average Bonchev–Trinajstić information content (AvgIpc) is 3.25. The van der Waals surface area contributed by atoms with Crippen molar-refractivity contribution in [3.63, 3.8) is 0 Å². The molecule has 0 bridgehead atoms. The van der Waals surface area contributed by atoms with Crippen molar-refractivity contribution in [2.24, 2.45) is 0 Å². The van der Waals surface area contributed by atoms with Crippen LogP contribution < -0.4 is 10.1 Å². The number of anilines is 2. The lowest BCUT2D eigenvalue weighted by molar-refractivity contribution is 0.414. The molecule has 0 aliphatic heterocycles. The zero-order chi connectivity index (χ0) is 14.1. The fourth-order valence-corrected chi connectivity index (χ4v) is 2.46. The molecule has 1 N–H and O–H groups in total. The number of ether oxygens (including phenoxy) is 1. The van der Waals surface area contributed by atoms with Crippen molar-refractivity contribution in [3.8, 4) is 5.75 Å². The first-order valence-electron chi connectivity index (χ1n) is 6.62. The van der Waals surface area contributed by atoms with E-state index in [4.69, 9.17) is 4.74 Å². The Labute approximate surface area is 126 Å². The molecule has 0 unspecified atom stereocenters. The van der Waals surface area contributed by atoms with Crippen LogP contribution in [0.1, 0.15) is 30.1 Å². The van der Waals surface area contributed by atoms with Crippen molar-refractivity contribution in [1.82, 2.24) is 9.97 Å². The summed E-state index contributed by atoms with van der Waals surface area (Å²) in [7, 11) is 1.67. The van der Waals surface area contributed by atoms with Crippen LogP contribution in [0.3, 0.4) is 0 Å². The maximum Gasteiger partial charge on any atom is 0.135 e. The molecule has 5 heteroatoms. The minimum atomic E-state index is 0.532. The zero-order valence-electron chi connectivity index (χ0n) is 11.5. The van der Waals surface area contributed by atoms with Gasteiger partial charge in [0.15, 0.2) is 0 Å². The van der Waals surface area contributed by atoms with E-state index in [2.05, 4.69) is 31.2 Å². The van der Waals surface area contributed by atoms with Gasteiger partial charge in [0.1, 0.15) is 22.0 Å². The maximum atomic E-state index is 5.22. The summed E-state index contributed by atoms with van der Waals surface area (Å²) in [6.07, 6.45) is 2.38. The van der Waals surface area contributed by atoms with E-state index in [0.29, 0.717) is 5.92 Å². The second-order valence-corrected chi connectivity index (χ2v) is 5.83. The molecule has 1 aromatic heterocycles. The van der Waals surface area contributed by atoms with Crippen LogP contribution in [0.5, 0.6) is 5.75 Å². The molecule has 1 aliphatic carbocycles. The number of nitrogens with one attached hydrogen (secondary N) is 1. The van der Waals surface area contributed by atoms with E-state index in [9.17, 15) is 0 Å².